The van der Waals surface area contributed by atoms with E-state index in [4.69, 9.17) is 4.74 Å². The number of aromatic amines is 1. The summed E-state index contributed by atoms with van der Waals surface area (Å²) in [6, 6.07) is 6.07. The van der Waals surface area contributed by atoms with Crippen LogP contribution in [0.4, 0.5) is 0 Å². The largest absolute Gasteiger partial charge is 0.490 e. The average molecular weight is 301 g/mol. The normalized spacial score (nSPS) is 16.3. The second kappa shape index (κ2) is 6.50. The number of aryl methyl sites for hydroxylation is 2. The van der Waals surface area contributed by atoms with Crippen molar-refractivity contribution >= 4 is 0 Å². The van der Waals surface area contributed by atoms with Crippen molar-refractivity contribution in [3.05, 3.63) is 46.8 Å². The molecule has 1 unspecified atom stereocenters. The van der Waals surface area contributed by atoms with E-state index >= 15 is 0 Å². The number of aliphatic hydroxyl groups is 1. The monoisotopic (exact) mass is 301 g/mol. The molecule has 0 saturated heterocycles. The molecule has 0 aliphatic carbocycles. The molecule has 5 nitrogen and oxygen atoms in total. The molecule has 118 valence electrons. The molecule has 22 heavy (non-hydrogen) atoms. The highest BCUT2D eigenvalue weighted by atomic mass is 16.5. The van der Waals surface area contributed by atoms with E-state index in [1.807, 2.05) is 38.2 Å². The molecule has 2 aromatic rings. The minimum atomic E-state index is -0.493. The Morgan fingerprint density at radius 3 is 2.91 bits per heavy atom. The van der Waals surface area contributed by atoms with E-state index in [1.54, 1.807) is 0 Å². The highest BCUT2D eigenvalue weighted by Crippen LogP contribution is 2.22. The molecule has 3 rings (SSSR count). The van der Waals surface area contributed by atoms with Gasteiger partial charge in [-0.2, -0.15) is 5.10 Å². The van der Waals surface area contributed by atoms with Gasteiger partial charge in [0.25, 0.3) is 0 Å². The van der Waals surface area contributed by atoms with E-state index in [9.17, 15) is 5.11 Å². The van der Waals surface area contributed by atoms with Gasteiger partial charge < -0.3 is 9.84 Å². The molecule has 1 atom stereocenters. The van der Waals surface area contributed by atoms with Crippen molar-refractivity contribution in [2.45, 2.75) is 32.9 Å². The Labute approximate surface area is 130 Å². The topological polar surface area (TPSA) is 61.4 Å². The summed E-state index contributed by atoms with van der Waals surface area (Å²) in [6.07, 6.45) is 2.34. The third kappa shape index (κ3) is 3.31. The number of para-hydroxylation sites is 1. The molecule has 0 bridgehead atoms. The minimum Gasteiger partial charge on any atom is -0.490 e. The molecule has 0 spiro atoms. The van der Waals surface area contributed by atoms with Crippen LogP contribution in [0.2, 0.25) is 0 Å². The van der Waals surface area contributed by atoms with E-state index in [-0.39, 0.29) is 0 Å². The van der Waals surface area contributed by atoms with Crippen LogP contribution < -0.4 is 4.74 Å². The zero-order valence-corrected chi connectivity index (χ0v) is 13.2. The summed E-state index contributed by atoms with van der Waals surface area (Å²) in [6.45, 7) is 6.78. The number of nitrogens with one attached hydrogen (secondary N) is 1. The maximum absolute atomic E-state index is 10.3. The van der Waals surface area contributed by atoms with E-state index < -0.39 is 6.10 Å². The molecule has 0 radical (unpaired) electrons. The molecule has 1 aliphatic heterocycles. The number of hydrogen-bond acceptors (Lipinski definition) is 4. The Morgan fingerprint density at radius 2 is 2.14 bits per heavy atom. The van der Waals surface area contributed by atoms with Crippen LogP contribution in [0, 0.1) is 13.8 Å². The first-order valence-electron chi connectivity index (χ1n) is 7.74. The van der Waals surface area contributed by atoms with Gasteiger partial charge in [0.05, 0.1) is 6.20 Å². The minimum absolute atomic E-state index is 0.320. The Bertz CT molecular complexity index is 618. The van der Waals surface area contributed by atoms with Crippen molar-refractivity contribution in [2.24, 2.45) is 0 Å². The van der Waals surface area contributed by atoms with E-state index in [0.717, 1.165) is 36.4 Å². The van der Waals surface area contributed by atoms with Crippen LogP contribution in [-0.2, 0) is 13.0 Å². The molecule has 0 fully saturated rings. The molecule has 1 aliphatic rings. The maximum atomic E-state index is 10.3. The summed E-state index contributed by atoms with van der Waals surface area (Å²) in [5.41, 5.74) is 4.66. The molecular weight excluding hydrogens is 278 g/mol. The van der Waals surface area contributed by atoms with Gasteiger partial charge in [0.15, 0.2) is 0 Å². The molecule has 1 aromatic heterocycles. The lowest BCUT2D eigenvalue weighted by Crippen LogP contribution is -2.38. The molecule has 0 saturated carbocycles. The lowest BCUT2D eigenvalue weighted by Gasteiger charge is -2.28. The van der Waals surface area contributed by atoms with Gasteiger partial charge in [-0.25, -0.2) is 0 Å². The number of rotatable bonds is 5. The van der Waals surface area contributed by atoms with Gasteiger partial charge in [0.1, 0.15) is 18.5 Å². The Kier molecular flexibility index (Phi) is 4.45. The van der Waals surface area contributed by atoms with Gasteiger partial charge >= 0.3 is 0 Å². The smallest absolute Gasteiger partial charge is 0.125 e. The van der Waals surface area contributed by atoms with Crippen LogP contribution in [0.1, 0.15) is 22.4 Å². The van der Waals surface area contributed by atoms with Gasteiger partial charge in [-0.1, -0.05) is 18.2 Å². The predicted octanol–water partition coefficient (Wildman–Crippen LogP) is 1.82. The van der Waals surface area contributed by atoms with Crippen molar-refractivity contribution < 1.29 is 9.84 Å². The average Bonchev–Trinajstić information content (AvgIpc) is 2.94. The fourth-order valence-electron chi connectivity index (χ4n) is 2.99. The first-order chi connectivity index (χ1) is 10.6. The van der Waals surface area contributed by atoms with Crippen molar-refractivity contribution in [3.63, 3.8) is 0 Å². The molecular formula is C17H23N3O2. The van der Waals surface area contributed by atoms with Crippen LogP contribution in [0.25, 0.3) is 0 Å². The second-order valence-electron chi connectivity index (χ2n) is 6.04. The van der Waals surface area contributed by atoms with Gasteiger partial charge in [-0.05, 0) is 25.0 Å². The van der Waals surface area contributed by atoms with Crippen LogP contribution in [0.3, 0.4) is 0 Å². The summed E-state index contributed by atoms with van der Waals surface area (Å²) in [5, 5.41) is 17.4. The zero-order valence-electron chi connectivity index (χ0n) is 13.2. The number of benzene rings is 1. The van der Waals surface area contributed by atoms with Crippen LogP contribution >= 0.6 is 0 Å². The fourth-order valence-corrected chi connectivity index (χ4v) is 2.99. The lowest BCUT2D eigenvalue weighted by atomic mass is 10.1. The standard InChI is InChI=1S/C17H23N3O2/c1-12-4-3-5-13(2)17(12)22-11-15(21)10-20-7-6-16-14(9-20)8-18-19-16/h3-5,8,15,21H,6-7,9-11H2,1-2H3,(H,18,19). The van der Waals surface area contributed by atoms with E-state index in [0.29, 0.717) is 13.2 Å². The van der Waals surface area contributed by atoms with Crippen molar-refractivity contribution in [1.29, 1.82) is 0 Å². The highest BCUT2D eigenvalue weighted by molar-refractivity contribution is 5.39. The number of fused-ring (bicyclic) bond motifs is 1. The fraction of sp³-hybridized carbons (Fsp3) is 0.471. The van der Waals surface area contributed by atoms with Crippen molar-refractivity contribution in [3.8, 4) is 5.75 Å². The van der Waals surface area contributed by atoms with Gasteiger partial charge in [0, 0.05) is 37.3 Å². The predicted molar refractivity (Wildman–Crippen MR) is 85.0 cm³/mol. The van der Waals surface area contributed by atoms with Crippen molar-refractivity contribution in [1.82, 2.24) is 15.1 Å². The lowest BCUT2D eigenvalue weighted by molar-refractivity contribution is 0.0632. The summed E-state index contributed by atoms with van der Waals surface area (Å²) >= 11 is 0. The number of aliphatic hydroxyl groups excluding tert-OH is 1. The number of H-pyrrole nitrogens is 1. The van der Waals surface area contributed by atoms with E-state index in [1.165, 1.54) is 11.3 Å². The zero-order chi connectivity index (χ0) is 15.5. The summed E-state index contributed by atoms with van der Waals surface area (Å²) in [7, 11) is 0. The number of aromatic nitrogens is 2. The summed E-state index contributed by atoms with van der Waals surface area (Å²) in [4.78, 5) is 2.25. The second-order valence-corrected chi connectivity index (χ2v) is 6.04. The molecule has 2 heterocycles. The SMILES string of the molecule is Cc1cccc(C)c1OCC(O)CN1CCc2[nH]ncc2C1. The third-order valence-electron chi connectivity index (χ3n) is 4.18. The highest BCUT2D eigenvalue weighted by Gasteiger charge is 2.20. The molecule has 0 amide bonds. The Morgan fingerprint density at radius 1 is 1.36 bits per heavy atom. The van der Waals surface area contributed by atoms with E-state index in [2.05, 4.69) is 15.1 Å². The Hall–Kier alpha value is -1.85. The van der Waals surface area contributed by atoms with Gasteiger partial charge in [0.2, 0.25) is 0 Å². The number of β-amino-alcohol motifs (C(OH)–C–C–N with tert-alkyl or cyclic N) is 1. The molecule has 5 heteroatoms. The van der Waals surface area contributed by atoms with Crippen LogP contribution in [-0.4, -0.2) is 46.0 Å². The maximum Gasteiger partial charge on any atom is 0.125 e. The molecule has 1 aromatic carbocycles. The quantitative estimate of drug-likeness (QED) is 0.884. The number of ether oxygens (including phenoxy) is 1. The Balaban J connectivity index is 1.52. The first-order valence-corrected chi connectivity index (χ1v) is 7.74. The van der Waals surface area contributed by atoms with Crippen LogP contribution in [0.5, 0.6) is 5.75 Å². The third-order valence-corrected chi connectivity index (χ3v) is 4.18. The first kappa shape index (κ1) is 15.1. The van der Waals surface area contributed by atoms with Crippen LogP contribution in [0.15, 0.2) is 24.4 Å². The van der Waals surface area contributed by atoms with Crippen molar-refractivity contribution in [2.75, 3.05) is 19.7 Å². The number of hydrogen-bond donors (Lipinski definition) is 2. The summed E-state index contributed by atoms with van der Waals surface area (Å²) < 4.78 is 5.83. The van der Waals surface area contributed by atoms with Gasteiger partial charge in [-0.15, -0.1) is 0 Å². The summed E-state index contributed by atoms with van der Waals surface area (Å²) in [5.74, 6) is 0.886. The van der Waals surface area contributed by atoms with Gasteiger partial charge in [-0.3, -0.25) is 10.00 Å². The number of nitrogens with zero attached hydrogens (tertiary/aromatic N) is 2. The molecule has 2 N–H and O–H groups in total.